The highest BCUT2D eigenvalue weighted by Crippen LogP contribution is 2.28. The Morgan fingerprint density at radius 3 is 2.26 bits per heavy atom. The average Bonchev–Trinajstić information content (AvgIpc) is 2.25. The van der Waals surface area contributed by atoms with Gasteiger partial charge < -0.3 is 4.90 Å². The molecular formula is C14H25NO3S. The fraction of sp³-hybridized carbons (Fsp3) is 0.929. The van der Waals surface area contributed by atoms with Crippen molar-refractivity contribution >= 4 is 15.7 Å². The summed E-state index contributed by atoms with van der Waals surface area (Å²) in [6.07, 6.45) is 5.48. The molecule has 0 unspecified atom stereocenters. The van der Waals surface area contributed by atoms with E-state index >= 15 is 0 Å². The topological polar surface area (TPSA) is 54.5 Å². The van der Waals surface area contributed by atoms with Crippen LogP contribution in [0.4, 0.5) is 0 Å². The SMILES string of the molecule is CC(C)CS(=O)(=O)C1CN(C(=O)C2CCCCC2)C1. The fourth-order valence-corrected chi connectivity index (χ4v) is 5.07. The summed E-state index contributed by atoms with van der Waals surface area (Å²) in [7, 11) is -3.01. The molecule has 0 aromatic rings. The minimum absolute atomic E-state index is 0.155. The molecule has 1 aliphatic carbocycles. The van der Waals surface area contributed by atoms with Crippen molar-refractivity contribution in [2.45, 2.75) is 51.2 Å². The summed E-state index contributed by atoms with van der Waals surface area (Å²) in [5.74, 6) is 0.745. The third-order valence-electron chi connectivity index (χ3n) is 4.19. The minimum Gasteiger partial charge on any atom is -0.340 e. The van der Waals surface area contributed by atoms with Crippen LogP contribution in [-0.2, 0) is 14.6 Å². The highest BCUT2D eigenvalue weighted by Gasteiger charge is 2.41. The van der Waals surface area contributed by atoms with E-state index in [0.717, 1.165) is 25.7 Å². The lowest BCUT2D eigenvalue weighted by atomic mass is 9.87. The van der Waals surface area contributed by atoms with Crippen molar-refractivity contribution in [1.82, 2.24) is 4.90 Å². The van der Waals surface area contributed by atoms with Gasteiger partial charge in [0.25, 0.3) is 0 Å². The van der Waals surface area contributed by atoms with E-state index in [-0.39, 0.29) is 28.7 Å². The monoisotopic (exact) mass is 287 g/mol. The summed E-state index contributed by atoms with van der Waals surface area (Å²) in [6, 6.07) is 0. The van der Waals surface area contributed by atoms with Crippen molar-refractivity contribution in [2.24, 2.45) is 11.8 Å². The number of carbonyl (C=O) groups excluding carboxylic acids is 1. The molecule has 2 rings (SSSR count). The lowest BCUT2D eigenvalue weighted by Crippen LogP contribution is -2.59. The van der Waals surface area contributed by atoms with E-state index in [1.54, 1.807) is 4.90 Å². The number of hydrogen-bond acceptors (Lipinski definition) is 3. The molecule has 0 N–H and O–H groups in total. The van der Waals surface area contributed by atoms with E-state index in [9.17, 15) is 13.2 Å². The summed E-state index contributed by atoms with van der Waals surface area (Å²) in [6.45, 7) is 4.68. The number of nitrogens with zero attached hydrogens (tertiary/aromatic N) is 1. The van der Waals surface area contributed by atoms with Crippen molar-refractivity contribution < 1.29 is 13.2 Å². The molecular weight excluding hydrogens is 262 g/mol. The largest absolute Gasteiger partial charge is 0.340 e. The predicted molar refractivity (Wildman–Crippen MR) is 75.6 cm³/mol. The first-order valence-electron chi connectivity index (χ1n) is 7.40. The molecule has 1 aliphatic heterocycles. The van der Waals surface area contributed by atoms with Gasteiger partial charge in [0.1, 0.15) is 0 Å². The van der Waals surface area contributed by atoms with Crippen LogP contribution >= 0.6 is 0 Å². The van der Waals surface area contributed by atoms with Crippen LogP contribution < -0.4 is 0 Å². The van der Waals surface area contributed by atoms with Crippen LogP contribution in [0.15, 0.2) is 0 Å². The molecule has 2 aliphatic rings. The summed E-state index contributed by atoms with van der Waals surface area (Å²) in [4.78, 5) is 14.0. The lowest BCUT2D eigenvalue weighted by molar-refractivity contribution is -0.139. The zero-order valence-electron chi connectivity index (χ0n) is 12.0. The molecule has 0 radical (unpaired) electrons. The van der Waals surface area contributed by atoms with Crippen LogP contribution in [0, 0.1) is 11.8 Å². The Balaban J connectivity index is 1.84. The molecule has 0 aromatic carbocycles. The first kappa shape index (κ1) is 14.8. The minimum atomic E-state index is -3.01. The van der Waals surface area contributed by atoms with Crippen LogP contribution in [-0.4, -0.2) is 43.3 Å². The quantitative estimate of drug-likeness (QED) is 0.793. The first-order valence-corrected chi connectivity index (χ1v) is 9.12. The Hall–Kier alpha value is -0.580. The van der Waals surface area contributed by atoms with Crippen molar-refractivity contribution in [3.63, 3.8) is 0 Å². The summed E-state index contributed by atoms with van der Waals surface area (Å²) >= 11 is 0. The highest BCUT2D eigenvalue weighted by atomic mass is 32.2. The second-order valence-electron chi connectivity index (χ2n) is 6.42. The Kier molecular flexibility index (Phi) is 4.54. The second-order valence-corrected chi connectivity index (χ2v) is 8.75. The van der Waals surface area contributed by atoms with Gasteiger partial charge in [0.2, 0.25) is 5.91 Å². The van der Waals surface area contributed by atoms with Crippen LogP contribution in [0.25, 0.3) is 0 Å². The number of rotatable bonds is 4. The normalized spacial score (nSPS) is 22.6. The molecule has 2 fully saturated rings. The lowest BCUT2D eigenvalue weighted by Gasteiger charge is -2.41. The Morgan fingerprint density at radius 1 is 1.16 bits per heavy atom. The van der Waals surface area contributed by atoms with E-state index < -0.39 is 9.84 Å². The summed E-state index contributed by atoms with van der Waals surface area (Å²) in [5.41, 5.74) is 0. The van der Waals surface area contributed by atoms with Crippen molar-refractivity contribution in [3.05, 3.63) is 0 Å². The number of amides is 1. The number of hydrogen-bond donors (Lipinski definition) is 0. The Bertz CT molecular complexity index is 418. The van der Waals surface area contributed by atoms with Crippen LogP contribution in [0.5, 0.6) is 0 Å². The molecule has 0 aromatic heterocycles. The number of likely N-dealkylation sites (tertiary alicyclic amines) is 1. The Labute approximate surface area is 116 Å². The molecule has 19 heavy (non-hydrogen) atoms. The molecule has 1 saturated carbocycles. The summed E-state index contributed by atoms with van der Waals surface area (Å²) < 4.78 is 24.1. The first-order chi connectivity index (χ1) is 8.90. The van der Waals surface area contributed by atoms with Gasteiger partial charge in [-0.3, -0.25) is 4.79 Å². The van der Waals surface area contributed by atoms with E-state index in [1.165, 1.54) is 6.42 Å². The third-order valence-corrected chi connectivity index (χ3v) is 6.63. The van der Waals surface area contributed by atoms with Crippen LogP contribution in [0.1, 0.15) is 46.0 Å². The molecule has 1 saturated heterocycles. The molecule has 4 nitrogen and oxygen atoms in total. The van der Waals surface area contributed by atoms with Crippen molar-refractivity contribution in [2.75, 3.05) is 18.8 Å². The molecule has 1 heterocycles. The van der Waals surface area contributed by atoms with E-state index in [1.807, 2.05) is 13.8 Å². The van der Waals surface area contributed by atoms with Gasteiger partial charge in [-0.05, 0) is 18.8 Å². The van der Waals surface area contributed by atoms with Gasteiger partial charge in [-0.1, -0.05) is 33.1 Å². The average molecular weight is 287 g/mol. The zero-order chi connectivity index (χ0) is 14.0. The maximum atomic E-state index is 12.2. The zero-order valence-corrected chi connectivity index (χ0v) is 12.8. The van der Waals surface area contributed by atoms with Gasteiger partial charge in [0, 0.05) is 19.0 Å². The van der Waals surface area contributed by atoms with Gasteiger partial charge >= 0.3 is 0 Å². The molecule has 0 spiro atoms. The van der Waals surface area contributed by atoms with Gasteiger partial charge in [-0.15, -0.1) is 0 Å². The molecule has 110 valence electrons. The molecule has 5 heteroatoms. The molecule has 1 amide bonds. The Morgan fingerprint density at radius 2 is 1.74 bits per heavy atom. The van der Waals surface area contributed by atoms with Crippen LogP contribution in [0.3, 0.4) is 0 Å². The highest BCUT2D eigenvalue weighted by molar-refractivity contribution is 7.92. The standard InChI is InChI=1S/C14H25NO3S/c1-11(2)10-19(17,18)13-8-15(9-13)14(16)12-6-4-3-5-7-12/h11-13H,3-10H2,1-2H3. The van der Waals surface area contributed by atoms with Gasteiger partial charge in [-0.2, -0.15) is 0 Å². The number of carbonyl (C=O) groups is 1. The molecule has 0 atom stereocenters. The maximum Gasteiger partial charge on any atom is 0.225 e. The third kappa shape index (κ3) is 3.50. The van der Waals surface area contributed by atoms with E-state index in [4.69, 9.17) is 0 Å². The summed E-state index contributed by atoms with van der Waals surface area (Å²) in [5, 5.41) is -0.317. The van der Waals surface area contributed by atoms with E-state index in [0.29, 0.717) is 13.1 Å². The van der Waals surface area contributed by atoms with Crippen molar-refractivity contribution in [1.29, 1.82) is 0 Å². The molecule has 0 bridgehead atoms. The van der Waals surface area contributed by atoms with Crippen LogP contribution in [0.2, 0.25) is 0 Å². The smallest absolute Gasteiger partial charge is 0.225 e. The maximum absolute atomic E-state index is 12.2. The van der Waals surface area contributed by atoms with Gasteiger partial charge in [-0.25, -0.2) is 8.42 Å². The van der Waals surface area contributed by atoms with Crippen molar-refractivity contribution in [3.8, 4) is 0 Å². The van der Waals surface area contributed by atoms with E-state index in [2.05, 4.69) is 0 Å². The van der Waals surface area contributed by atoms with Gasteiger partial charge in [0.15, 0.2) is 9.84 Å². The second kappa shape index (κ2) is 5.81. The predicted octanol–water partition coefficient (Wildman–Crippen LogP) is 1.85. The fourth-order valence-electron chi connectivity index (χ4n) is 3.05. The number of sulfone groups is 1. The van der Waals surface area contributed by atoms with Gasteiger partial charge in [0.05, 0.1) is 11.0 Å².